The summed E-state index contributed by atoms with van der Waals surface area (Å²) in [5, 5.41) is 13.6. The van der Waals surface area contributed by atoms with E-state index in [1.165, 1.54) is 12.1 Å². The van der Waals surface area contributed by atoms with Gasteiger partial charge in [0.2, 0.25) is 0 Å². The number of benzene rings is 2. The van der Waals surface area contributed by atoms with Gasteiger partial charge < -0.3 is 19.7 Å². The molecule has 0 saturated carbocycles. The molecular weight excluding hydrogens is 350 g/mol. The minimum atomic E-state index is -0.511. The molecule has 1 amide bonds. The molecule has 0 fully saturated rings. The van der Waals surface area contributed by atoms with Crippen LogP contribution in [0.2, 0.25) is 0 Å². The zero-order valence-corrected chi connectivity index (χ0v) is 15.7. The minimum absolute atomic E-state index is 0.117. The maximum atomic E-state index is 12.2. The highest BCUT2D eigenvalue weighted by molar-refractivity contribution is 5.93. The topological polar surface area (TPSA) is 95.1 Å². The van der Waals surface area contributed by atoms with E-state index in [-0.39, 0.29) is 23.8 Å². The molecule has 0 aliphatic rings. The molecule has 2 N–H and O–H groups in total. The van der Waals surface area contributed by atoms with E-state index in [4.69, 9.17) is 9.47 Å². The van der Waals surface area contributed by atoms with Crippen LogP contribution in [0.4, 0.5) is 11.4 Å². The zero-order chi connectivity index (χ0) is 19.8. The van der Waals surface area contributed by atoms with Crippen molar-refractivity contribution in [1.82, 2.24) is 0 Å². The van der Waals surface area contributed by atoms with Crippen LogP contribution in [-0.4, -0.2) is 45.2 Å². The van der Waals surface area contributed by atoms with Gasteiger partial charge in [-0.05, 0) is 23.8 Å². The van der Waals surface area contributed by atoms with Gasteiger partial charge >= 0.3 is 0 Å². The number of nitro groups is 1. The van der Waals surface area contributed by atoms with E-state index in [1.54, 1.807) is 26.4 Å². The minimum Gasteiger partial charge on any atom is -0.493 e. The number of likely N-dealkylation sites (N-methyl/N-ethyl adjacent to an activating group) is 1. The first-order chi connectivity index (χ1) is 12.9. The fraction of sp³-hybridized carbons (Fsp3) is 0.316. The number of rotatable bonds is 9. The molecule has 0 bridgehead atoms. The van der Waals surface area contributed by atoms with Gasteiger partial charge in [-0.25, -0.2) is 0 Å². The number of amides is 1. The van der Waals surface area contributed by atoms with E-state index in [0.29, 0.717) is 11.5 Å². The van der Waals surface area contributed by atoms with E-state index in [9.17, 15) is 14.9 Å². The molecule has 1 atom stereocenters. The lowest BCUT2D eigenvalue weighted by molar-refractivity contribution is -0.870. The molecule has 8 nitrogen and oxygen atoms in total. The maximum absolute atomic E-state index is 12.2. The number of nitro benzene ring substituents is 1. The van der Waals surface area contributed by atoms with Crippen molar-refractivity contribution in [2.24, 2.45) is 0 Å². The summed E-state index contributed by atoms with van der Waals surface area (Å²) in [6, 6.07) is 11.8. The lowest BCUT2D eigenvalue weighted by Gasteiger charge is -2.15. The average Bonchev–Trinajstić information content (AvgIpc) is 2.66. The maximum Gasteiger partial charge on any atom is 0.292 e. The molecular formula is C19H24N3O5+. The number of carbonyl (C=O) groups is 1. The molecule has 27 heavy (non-hydrogen) atoms. The van der Waals surface area contributed by atoms with Crippen LogP contribution in [0, 0.1) is 10.1 Å². The average molecular weight is 374 g/mol. The van der Waals surface area contributed by atoms with E-state index >= 15 is 0 Å². The SMILES string of the molecule is COc1ccc(CC[NH+](C)CC(=O)Nc2ccccc2[N+](=O)[O-])cc1OC. The number of methoxy groups -OCH3 is 2. The second-order valence-corrected chi connectivity index (χ2v) is 6.15. The molecule has 0 aromatic heterocycles. The van der Waals surface area contributed by atoms with Gasteiger partial charge in [0.15, 0.2) is 18.0 Å². The summed E-state index contributed by atoms with van der Waals surface area (Å²) in [4.78, 5) is 23.7. The highest BCUT2D eigenvalue weighted by Crippen LogP contribution is 2.27. The Morgan fingerprint density at radius 2 is 1.85 bits per heavy atom. The molecule has 0 saturated heterocycles. The van der Waals surface area contributed by atoms with E-state index in [1.807, 2.05) is 25.2 Å². The molecule has 0 radical (unpaired) electrons. The quantitative estimate of drug-likeness (QED) is 0.510. The van der Waals surface area contributed by atoms with Gasteiger partial charge in [0, 0.05) is 12.5 Å². The van der Waals surface area contributed by atoms with E-state index in [0.717, 1.165) is 23.4 Å². The first-order valence-corrected chi connectivity index (χ1v) is 8.50. The lowest BCUT2D eigenvalue weighted by atomic mass is 10.1. The van der Waals surface area contributed by atoms with Crippen molar-refractivity contribution in [1.29, 1.82) is 0 Å². The predicted molar refractivity (Wildman–Crippen MR) is 102 cm³/mol. The van der Waals surface area contributed by atoms with Gasteiger partial charge in [0.1, 0.15) is 5.69 Å². The zero-order valence-electron chi connectivity index (χ0n) is 15.7. The van der Waals surface area contributed by atoms with Crippen molar-refractivity contribution in [3.05, 3.63) is 58.1 Å². The van der Waals surface area contributed by atoms with Crippen LogP contribution in [0.1, 0.15) is 5.56 Å². The van der Waals surface area contributed by atoms with Crippen molar-refractivity contribution in [3.63, 3.8) is 0 Å². The molecule has 0 spiro atoms. The first-order valence-electron chi connectivity index (χ1n) is 8.50. The van der Waals surface area contributed by atoms with E-state index < -0.39 is 4.92 Å². The Labute approximate surface area is 157 Å². The fourth-order valence-electron chi connectivity index (χ4n) is 2.69. The number of para-hydroxylation sites is 2. The Hall–Kier alpha value is -3.13. The highest BCUT2D eigenvalue weighted by Gasteiger charge is 2.17. The predicted octanol–water partition coefficient (Wildman–Crippen LogP) is 1.31. The normalized spacial score (nSPS) is 11.5. The van der Waals surface area contributed by atoms with Crippen LogP contribution in [-0.2, 0) is 11.2 Å². The Morgan fingerprint density at radius 3 is 2.52 bits per heavy atom. The Bertz CT molecular complexity index is 810. The number of carbonyl (C=O) groups excluding carboxylic acids is 1. The fourth-order valence-corrected chi connectivity index (χ4v) is 2.69. The number of hydrogen-bond donors (Lipinski definition) is 2. The third kappa shape index (κ3) is 5.68. The van der Waals surface area contributed by atoms with Crippen molar-refractivity contribution in [3.8, 4) is 11.5 Å². The number of nitrogens with one attached hydrogen (secondary N) is 2. The molecule has 8 heteroatoms. The summed E-state index contributed by atoms with van der Waals surface area (Å²) in [6.07, 6.45) is 0.755. The van der Waals surface area contributed by atoms with Crippen LogP contribution in [0.5, 0.6) is 11.5 Å². The summed E-state index contributed by atoms with van der Waals surface area (Å²) >= 11 is 0. The Morgan fingerprint density at radius 1 is 1.15 bits per heavy atom. The van der Waals surface area contributed by atoms with Crippen molar-refractivity contribution in [2.75, 3.05) is 39.7 Å². The van der Waals surface area contributed by atoms with Crippen molar-refractivity contribution in [2.45, 2.75) is 6.42 Å². The van der Waals surface area contributed by atoms with Gasteiger partial charge in [0.25, 0.3) is 11.6 Å². The monoisotopic (exact) mass is 374 g/mol. The third-order valence-electron chi connectivity index (χ3n) is 4.13. The Kier molecular flexibility index (Phi) is 7.13. The number of ether oxygens (including phenoxy) is 2. The molecule has 0 aliphatic heterocycles. The first kappa shape index (κ1) is 20.2. The number of quaternary nitrogens is 1. The van der Waals surface area contributed by atoms with Gasteiger partial charge in [0.05, 0.1) is 32.7 Å². The second kappa shape index (κ2) is 9.54. The van der Waals surface area contributed by atoms with Gasteiger partial charge in [-0.2, -0.15) is 0 Å². The third-order valence-corrected chi connectivity index (χ3v) is 4.13. The number of hydrogen-bond acceptors (Lipinski definition) is 5. The van der Waals surface area contributed by atoms with Crippen LogP contribution < -0.4 is 19.7 Å². The standard InChI is InChI=1S/C19H23N3O5/c1-21(11-10-14-8-9-17(26-2)18(12-14)27-3)13-19(23)20-15-6-4-5-7-16(15)22(24)25/h4-9,12H,10-11,13H2,1-3H3,(H,20,23)/p+1. The second-order valence-electron chi connectivity index (χ2n) is 6.15. The van der Waals surface area contributed by atoms with Gasteiger partial charge in [-0.3, -0.25) is 14.9 Å². The molecule has 144 valence electrons. The summed E-state index contributed by atoms with van der Waals surface area (Å²) in [5.74, 6) is 1.07. The van der Waals surface area contributed by atoms with Crippen LogP contribution >= 0.6 is 0 Å². The summed E-state index contributed by atoms with van der Waals surface area (Å²) in [7, 11) is 5.08. The number of anilines is 1. The molecule has 2 aromatic carbocycles. The van der Waals surface area contributed by atoms with Crippen LogP contribution in [0.15, 0.2) is 42.5 Å². The summed E-state index contributed by atoms with van der Waals surface area (Å²) in [6.45, 7) is 0.930. The molecule has 2 aromatic rings. The van der Waals surface area contributed by atoms with Crippen LogP contribution in [0.25, 0.3) is 0 Å². The molecule has 2 rings (SSSR count). The number of nitrogens with zero attached hydrogens (tertiary/aromatic N) is 1. The van der Waals surface area contributed by atoms with Crippen molar-refractivity contribution < 1.29 is 24.1 Å². The van der Waals surface area contributed by atoms with Gasteiger partial charge in [-0.15, -0.1) is 0 Å². The summed E-state index contributed by atoms with van der Waals surface area (Å²) in [5.41, 5.74) is 1.17. The largest absolute Gasteiger partial charge is 0.493 e. The van der Waals surface area contributed by atoms with E-state index in [2.05, 4.69) is 5.32 Å². The lowest BCUT2D eigenvalue weighted by Crippen LogP contribution is -3.10. The van der Waals surface area contributed by atoms with Gasteiger partial charge in [-0.1, -0.05) is 18.2 Å². The molecule has 1 unspecified atom stereocenters. The van der Waals surface area contributed by atoms with Crippen LogP contribution in [0.3, 0.4) is 0 Å². The van der Waals surface area contributed by atoms with Crippen molar-refractivity contribution >= 4 is 17.3 Å². The molecule has 0 aliphatic carbocycles. The highest BCUT2D eigenvalue weighted by atomic mass is 16.6. The smallest absolute Gasteiger partial charge is 0.292 e. The molecule has 0 heterocycles. The summed E-state index contributed by atoms with van der Waals surface area (Å²) < 4.78 is 10.5. The Balaban J connectivity index is 1.89.